The average Bonchev–Trinajstić information content (AvgIpc) is 3.90. The van der Waals surface area contributed by atoms with Gasteiger partial charge in [-0.15, -0.1) is 0 Å². The van der Waals surface area contributed by atoms with E-state index in [0.29, 0.717) is 64.2 Å². The Morgan fingerprint density at radius 3 is 2.38 bits per heavy atom. The minimum absolute atomic E-state index is 0.0803. The number of rotatable bonds is 13. The van der Waals surface area contributed by atoms with Crippen LogP contribution >= 0.6 is 0 Å². The van der Waals surface area contributed by atoms with E-state index in [1.165, 1.54) is 0 Å². The standard InChI is InChI=1S/C44H59N13O4/c1-30-25-32(26-33-29-47-51-39(30)33)28-36(49-43(60)56-17-10-35(11-18-56)57-38-5-4-12-46-40(38)50-44(57)61)41(58)48-37(27-31-8-15-53(16-9-31)20-19-52(2)3)42(59)55-23-21-54(22-24-55)34-6-13-45-14-7-34/h4-7,12-14,25-26,29,31,35-37H,8-11,15-24,27-28H2,1-3H3,(H,47,51)(H,48,58)(H,49,60)(H,46,50,61)/t36-,37+/m1/s1. The molecule has 0 bridgehead atoms. The number of piperidine rings is 2. The minimum Gasteiger partial charge on any atom is -0.368 e. The molecule has 8 rings (SSSR count). The number of carbonyl (C=O) groups excluding carboxylic acids is 3. The zero-order chi connectivity index (χ0) is 42.5. The van der Waals surface area contributed by atoms with E-state index < -0.39 is 12.1 Å². The van der Waals surface area contributed by atoms with Gasteiger partial charge < -0.3 is 35.1 Å². The number of urea groups is 1. The highest BCUT2D eigenvalue weighted by atomic mass is 16.2. The molecule has 0 spiro atoms. The molecule has 3 aliphatic rings. The van der Waals surface area contributed by atoms with Gasteiger partial charge in [0.05, 0.1) is 17.2 Å². The van der Waals surface area contributed by atoms with Crippen LogP contribution in [0.5, 0.6) is 0 Å². The molecule has 0 aliphatic carbocycles. The zero-order valence-electron chi connectivity index (χ0n) is 35.6. The first-order valence-corrected chi connectivity index (χ1v) is 21.7. The fourth-order valence-electron chi connectivity index (χ4n) is 9.34. The zero-order valence-corrected chi connectivity index (χ0v) is 35.6. The summed E-state index contributed by atoms with van der Waals surface area (Å²) in [7, 11) is 4.18. The molecule has 61 heavy (non-hydrogen) atoms. The van der Waals surface area contributed by atoms with Crippen LogP contribution < -0.4 is 21.2 Å². The van der Waals surface area contributed by atoms with Crippen molar-refractivity contribution in [1.82, 2.24) is 59.9 Å². The van der Waals surface area contributed by atoms with Gasteiger partial charge in [0.1, 0.15) is 12.1 Å². The van der Waals surface area contributed by atoms with Crippen LogP contribution in [-0.4, -0.2) is 159 Å². The first-order chi connectivity index (χ1) is 29.6. The molecule has 3 fully saturated rings. The second kappa shape index (κ2) is 18.8. The van der Waals surface area contributed by atoms with E-state index >= 15 is 0 Å². The van der Waals surface area contributed by atoms with Gasteiger partial charge in [0.15, 0.2) is 5.65 Å². The number of aromatic nitrogens is 6. The van der Waals surface area contributed by atoms with Gasteiger partial charge in [-0.05, 0) is 114 Å². The number of nitrogens with zero attached hydrogens (tertiary/aromatic N) is 9. The summed E-state index contributed by atoms with van der Waals surface area (Å²) in [5, 5.41) is 14.5. The molecule has 324 valence electrons. The Morgan fingerprint density at radius 2 is 1.64 bits per heavy atom. The third kappa shape index (κ3) is 9.89. The molecular formula is C44H59N13O4. The van der Waals surface area contributed by atoms with Gasteiger partial charge in [0.2, 0.25) is 11.8 Å². The number of piperazine rings is 1. The normalized spacial score (nSPS) is 18.2. The first kappa shape index (κ1) is 41.9. The number of likely N-dealkylation sites (N-methyl/N-ethyl adjacent to an activating group) is 1. The smallest absolute Gasteiger partial charge is 0.327 e. The number of anilines is 1. The molecule has 2 atom stereocenters. The van der Waals surface area contributed by atoms with Crippen LogP contribution in [0.3, 0.4) is 0 Å². The summed E-state index contributed by atoms with van der Waals surface area (Å²) in [4.78, 5) is 78.1. The summed E-state index contributed by atoms with van der Waals surface area (Å²) in [6, 6.07) is 9.51. The monoisotopic (exact) mass is 833 g/mol. The number of likely N-dealkylation sites (tertiary alicyclic amines) is 2. The van der Waals surface area contributed by atoms with E-state index in [1.807, 2.05) is 48.2 Å². The maximum atomic E-state index is 14.7. The van der Waals surface area contributed by atoms with Crippen molar-refractivity contribution < 1.29 is 14.4 Å². The van der Waals surface area contributed by atoms with E-state index in [-0.39, 0.29) is 41.9 Å². The van der Waals surface area contributed by atoms with Crippen molar-refractivity contribution in [2.24, 2.45) is 5.92 Å². The largest absolute Gasteiger partial charge is 0.368 e. The Morgan fingerprint density at radius 1 is 0.885 bits per heavy atom. The van der Waals surface area contributed by atoms with Crippen molar-refractivity contribution in [3.63, 3.8) is 0 Å². The topological polar surface area (TPSA) is 184 Å². The number of amides is 4. The third-order valence-corrected chi connectivity index (χ3v) is 12.8. The maximum Gasteiger partial charge on any atom is 0.327 e. The quantitative estimate of drug-likeness (QED) is 0.138. The molecule has 3 saturated heterocycles. The Bertz CT molecular complexity index is 2340. The second-order valence-electron chi connectivity index (χ2n) is 17.2. The molecule has 4 aromatic heterocycles. The number of pyridine rings is 2. The lowest BCUT2D eigenvalue weighted by molar-refractivity contribution is -0.137. The van der Waals surface area contributed by atoms with E-state index in [9.17, 15) is 19.2 Å². The van der Waals surface area contributed by atoms with Crippen LogP contribution in [0.1, 0.15) is 49.3 Å². The number of aryl methyl sites for hydroxylation is 1. The Balaban J connectivity index is 0.988. The lowest BCUT2D eigenvalue weighted by Crippen LogP contribution is -2.59. The summed E-state index contributed by atoms with van der Waals surface area (Å²) < 4.78 is 1.74. The van der Waals surface area contributed by atoms with Crippen molar-refractivity contribution in [2.75, 3.05) is 84.4 Å². The highest BCUT2D eigenvalue weighted by Gasteiger charge is 2.35. The molecule has 5 aromatic rings. The molecular weight excluding hydrogens is 775 g/mol. The van der Waals surface area contributed by atoms with Gasteiger partial charge in [0.25, 0.3) is 0 Å². The number of hydrogen-bond donors (Lipinski definition) is 4. The molecule has 17 nitrogen and oxygen atoms in total. The molecule has 17 heteroatoms. The molecule has 3 aliphatic heterocycles. The number of nitrogens with one attached hydrogen (secondary N) is 4. The van der Waals surface area contributed by atoms with Gasteiger partial charge >= 0.3 is 11.7 Å². The molecule has 0 unspecified atom stereocenters. The number of aromatic amines is 2. The van der Waals surface area contributed by atoms with Gasteiger partial charge in [-0.25, -0.2) is 14.6 Å². The number of fused-ring (bicyclic) bond motifs is 2. The van der Waals surface area contributed by atoms with Crippen LogP contribution in [0, 0.1) is 12.8 Å². The highest BCUT2D eigenvalue weighted by Crippen LogP contribution is 2.27. The van der Waals surface area contributed by atoms with E-state index in [1.54, 1.807) is 34.3 Å². The Labute approximate surface area is 355 Å². The Hall–Kier alpha value is -5.81. The summed E-state index contributed by atoms with van der Waals surface area (Å²) in [6.45, 7) is 9.14. The first-order valence-electron chi connectivity index (χ1n) is 21.7. The van der Waals surface area contributed by atoms with E-state index in [0.717, 1.165) is 72.3 Å². The minimum atomic E-state index is -0.956. The summed E-state index contributed by atoms with van der Waals surface area (Å²) >= 11 is 0. The fourth-order valence-corrected chi connectivity index (χ4v) is 9.34. The van der Waals surface area contributed by atoms with Crippen LogP contribution in [0.25, 0.3) is 22.1 Å². The van der Waals surface area contributed by atoms with Crippen LogP contribution in [-0.2, 0) is 16.0 Å². The molecule has 7 heterocycles. The molecule has 0 saturated carbocycles. The number of imidazole rings is 1. The Kier molecular flexibility index (Phi) is 12.9. The lowest BCUT2D eigenvalue weighted by atomic mass is 9.89. The average molecular weight is 834 g/mol. The van der Waals surface area contributed by atoms with Gasteiger partial charge in [0, 0.05) is 94.5 Å². The van der Waals surface area contributed by atoms with E-state index in [2.05, 4.69) is 64.6 Å². The van der Waals surface area contributed by atoms with Crippen molar-refractivity contribution >= 4 is 45.6 Å². The van der Waals surface area contributed by atoms with Crippen LogP contribution in [0.2, 0.25) is 0 Å². The van der Waals surface area contributed by atoms with Gasteiger partial charge in [-0.1, -0.05) is 6.07 Å². The second-order valence-corrected chi connectivity index (χ2v) is 17.2. The van der Waals surface area contributed by atoms with Gasteiger partial charge in [-0.3, -0.25) is 29.2 Å². The van der Waals surface area contributed by atoms with Crippen molar-refractivity contribution in [3.05, 3.63) is 82.8 Å². The van der Waals surface area contributed by atoms with Crippen molar-refractivity contribution in [2.45, 2.75) is 63.6 Å². The molecule has 4 amide bonds. The predicted molar refractivity (Wildman–Crippen MR) is 234 cm³/mol. The third-order valence-electron chi connectivity index (χ3n) is 12.8. The van der Waals surface area contributed by atoms with Crippen LogP contribution in [0.15, 0.2) is 66.0 Å². The number of hydrogen-bond acceptors (Lipinski definition) is 10. The number of H-pyrrole nitrogens is 2. The van der Waals surface area contributed by atoms with Crippen LogP contribution in [0.4, 0.5) is 10.5 Å². The summed E-state index contributed by atoms with van der Waals surface area (Å²) in [6.07, 6.45) is 10.8. The van der Waals surface area contributed by atoms with Crippen molar-refractivity contribution in [3.8, 4) is 0 Å². The molecule has 0 radical (unpaired) electrons. The molecule has 1 aromatic carbocycles. The summed E-state index contributed by atoms with van der Waals surface area (Å²) in [5.74, 6) is -0.199. The molecule has 4 N–H and O–H groups in total. The van der Waals surface area contributed by atoms with Gasteiger partial charge in [-0.2, -0.15) is 5.10 Å². The lowest BCUT2D eigenvalue weighted by Gasteiger charge is -2.39. The maximum absolute atomic E-state index is 14.7. The number of carbonyl (C=O) groups is 3. The van der Waals surface area contributed by atoms with E-state index in [4.69, 9.17) is 0 Å². The SMILES string of the molecule is Cc1cc(C[C@@H](NC(=O)N2CCC(n3c(=O)[nH]c4ncccc43)CC2)C(=O)N[C@@H](CC2CCN(CCN(C)C)CC2)C(=O)N2CCN(c3ccncc3)CC2)cc2cn[nH]c12. The predicted octanol–water partition coefficient (Wildman–Crippen LogP) is 2.76. The number of benzene rings is 1. The van der Waals surface area contributed by atoms with Crippen molar-refractivity contribution in [1.29, 1.82) is 0 Å². The highest BCUT2D eigenvalue weighted by molar-refractivity contribution is 5.92. The fraction of sp³-hybridized carbons (Fsp3) is 0.523. The summed E-state index contributed by atoms with van der Waals surface area (Å²) in [5.41, 5.74) is 4.92.